The van der Waals surface area contributed by atoms with Gasteiger partial charge >= 0.3 is 0 Å². The lowest BCUT2D eigenvalue weighted by molar-refractivity contribution is 0.0886. The molecule has 66 valence electrons. The second kappa shape index (κ2) is 2.04. The van der Waals surface area contributed by atoms with Crippen molar-refractivity contribution in [3.8, 4) is 0 Å². The summed E-state index contributed by atoms with van der Waals surface area (Å²) in [5, 5.41) is 6.16. The molecular formula is C7H9F2N3. The average molecular weight is 173 g/mol. The maximum atomic E-state index is 12.9. The third kappa shape index (κ3) is 0.741. The van der Waals surface area contributed by atoms with E-state index in [1.807, 2.05) is 0 Å². The largest absolute Gasteiger partial charge is 0.329 e. The Balaban J connectivity index is 2.34. The molecule has 0 bridgehead atoms. The van der Waals surface area contributed by atoms with Gasteiger partial charge in [-0.2, -0.15) is 5.10 Å². The van der Waals surface area contributed by atoms with Crippen LogP contribution in [-0.2, 0) is 5.41 Å². The molecule has 1 aliphatic carbocycles. The van der Waals surface area contributed by atoms with Crippen molar-refractivity contribution < 1.29 is 8.78 Å². The van der Waals surface area contributed by atoms with Crippen LogP contribution in [0.15, 0.2) is 12.3 Å². The molecule has 1 aliphatic rings. The molecule has 5 heteroatoms. The third-order valence-electron chi connectivity index (χ3n) is 2.46. The Hall–Kier alpha value is -0.970. The van der Waals surface area contributed by atoms with Gasteiger partial charge in [-0.15, -0.1) is 0 Å². The van der Waals surface area contributed by atoms with E-state index in [4.69, 9.17) is 5.73 Å². The summed E-state index contributed by atoms with van der Waals surface area (Å²) in [6, 6.07) is 1.55. The van der Waals surface area contributed by atoms with Crippen molar-refractivity contribution in [3.05, 3.63) is 18.0 Å². The molecule has 1 fully saturated rings. The Labute approximate surface area is 68.0 Å². The van der Waals surface area contributed by atoms with E-state index in [0.717, 1.165) is 0 Å². The molecule has 3 N–H and O–H groups in total. The fraction of sp³-hybridized carbons (Fsp3) is 0.571. The number of nitrogens with zero attached hydrogens (tertiary/aromatic N) is 1. The maximum absolute atomic E-state index is 12.9. The summed E-state index contributed by atoms with van der Waals surface area (Å²) in [4.78, 5) is 0. The van der Waals surface area contributed by atoms with Crippen molar-refractivity contribution in [2.75, 3.05) is 6.54 Å². The Kier molecular flexibility index (Phi) is 1.30. The van der Waals surface area contributed by atoms with Gasteiger partial charge in [-0.1, -0.05) is 0 Å². The van der Waals surface area contributed by atoms with E-state index in [2.05, 4.69) is 10.2 Å². The van der Waals surface area contributed by atoms with Crippen molar-refractivity contribution in [1.29, 1.82) is 0 Å². The number of aromatic nitrogens is 2. The summed E-state index contributed by atoms with van der Waals surface area (Å²) in [7, 11) is 0. The number of aromatic amines is 1. The highest BCUT2D eigenvalue weighted by Crippen LogP contribution is 2.60. The van der Waals surface area contributed by atoms with Gasteiger partial charge in [0.2, 0.25) is 0 Å². The van der Waals surface area contributed by atoms with E-state index in [1.54, 1.807) is 6.07 Å². The van der Waals surface area contributed by atoms with Crippen LogP contribution in [0.2, 0.25) is 0 Å². The molecule has 0 aromatic carbocycles. The van der Waals surface area contributed by atoms with Gasteiger partial charge in [0, 0.05) is 24.9 Å². The maximum Gasteiger partial charge on any atom is 0.261 e. The zero-order chi connectivity index (χ0) is 8.82. The molecule has 0 radical (unpaired) electrons. The molecule has 1 heterocycles. The lowest BCUT2D eigenvalue weighted by Crippen LogP contribution is -2.27. The van der Waals surface area contributed by atoms with Crippen LogP contribution in [0, 0.1) is 0 Å². The first-order chi connectivity index (χ1) is 5.62. The summed E-state index contributed by atoms with van der Waals surface area (Å²) < 4.78 is 25.8. The van der Waals surface area contributed by atoms with Gasteiger partial charge in [0.15, 0.2) is 0 Å². The van der Waals surface area contributed by atoms with Crippen LogP contribution >= 0.6 is 0 Å². The average Bonchev–Trinajstić information content (AvgIpc) is 2.52. The Morgan fingerprint density at radius 1 is 1.67 bits per heavy atom. The van der Waals surface area contributed by atoms with Crippen molar-refractivity contribution in [2.24, 2.45) is 5.73 Å². The predicted molar refractivity (Wildman–Crippen MR) is 38.9 cm³/mol. The lowest BCUT2D eigenvalue weighted by atomic mass is 10.0. The van der Waals surface area contributed by atoms with E-state index >= 15 is 0 Å². The minimum Gasteiger partial charge on any atom is -0.329 e. The highest BCUT2D eigenvalue weighted by Gasteiger charge is 2.72. The van der Waals surface area contributed by atoms with E-state index in [1.165, 1.54) is 6.20 Å². The van der Waals surface area contributed by atoms with Gasteiger partial charge in [-0.3, -0.25) is 5.10 Å². The summed E-state index contributed by atoms with van der Waals surface area (Å²) in [5.74, 6) is -2.66. The van der Waals surface area contributed by atoms with Crippen molar-refractivity contribution in [1.82, 2.24) is 10.2 Å². The molecule has 0 aliphatic heterocycles. The smallest absolute Gasteiger partial charge is 0.261 e. The minimum atomic E-state index is -2.66. The molecule has 1 saturated carbocycles. The first kappa shape index (κ1) is 7.67. The van der Waals surface area contributed by atoms with E-state index in [9.17, 15) is 8.78 Å². The summed E-state index contributed by atoms with van der Waals surface area (Å²) in [6.07, 6.45) is 1.29. The molecular weight excluding hydrogens is 164 g/mol. The number of alkyl halides is 2. The molecule has 1 aromatic rings. The van der Waals surface area contributed by atoms with Crippen LogP contribution in [-0.4, -0.2) is 22.7 Å². The standard InChI is InChI=1S/C7H9F2N3/c8-7(9)3-6(7,4-10)5-1-2-11-12-5/h1-2H,3-4,10H2,(H,11,12). The van der Waals surface area contributed by atoms with Crippen LogP contribution in [0.3, 0.4) is 0 Å². The zero-order valence-corrected chi connectivity index (χ0v) is 6.35. The molecule has 1 atom stereocenters. The van der Waals surface area contributed by atoms with E-state index in [0.29, 0.717) is 5.69 Å². The Morgan fingerprint density at radius 2 is 2.33 bits per heavy atom. The highest BCUT2D eigenvalue weighted by molar-refractivity contribution is 5.32. The van der Waals surface area contributed by atoms with Crippen LogP contribution in [0.1, 0.15) is 12.1 Å². The Morgan fingerprint density at radius 3 is 2.67 bits per heavy atom. The van der Waals surface area contributed by atoms with Gasteiger partial charge < -0.3 is 5.73 Å². The van der Waals surface area contributed by atoms with Crippen LogP contribution in [0.5, 0.6) is 0 Å². The number of H-pyrrole nitrogens is 1. The fourth-order valence-corrected chi connectivity index (χ4v) is 1.48. The molecule has 12 heavy (non-hydrogen) atoms. The monoisotopic (exact) mass is 173 g/mol. The second-order valence-corrected chi connectivity index (χ2v) is 3.14. The number of halogens is 2. The Bertz CT molecular complexity index is 283. The normalized spacial score (nSPS) is 31.9. The van der Waals surface area contributed by atoms with Gasteiger partial charge in [0.05, 0.1) is 5.41 Å². The fourth-order valence-electron chi connectivity index (χ4n) is 1.48. The lowest BCUT2D eigenvalue weighted by Gasteiger charge is -2.10. The predicted octanol–water partition coefficient (Wildman–Crippen LogP) is 0.645. The molecule has 0 amide bonds. The molecule has 0 spiro atoms. The number of nitrogens with one attached hydrogen (secondary N) is 1. The minimum absolute atomic E-state index is 0.0395. The number of hydrogen-bond acceptors (Lipinski definition) is 2. The first-order valence-electron chi connectivity index (χ1n) is 3.70. The topological polar surface area (TPSA) is 54.7 Å². The molecule has 1 unspecified atom stereocenters. The van der Waals surface area contributed by atoms with Crippen molar-refractivity contribution in [3.63, 3.8) is 0 Å². The highest BCUT2D eigenvalue weighted by atomic mass is 19.3. The number of nitrogens with two attached hydrogens (primary N) is 1. The summed E-state index contributed by atoms with van der Waals surface area (Å²) in [6.45, 7) is -0.0395. The van der Waals surface area contributed by atoms with Crippen LogP contribution in [0.4, 0.5) is 8.78 Å². The number of hydrogen-bond donors (Lipinski definition) is 2. The summed E-state index contributed by atoms with van der Waals surface area (Å²) in [5.41, 5.74) is 4.58. The molecule has 2 rings (SSSR count). The van der Waals surface area contributed by atoms with Crippen molar-refractivity contribution in [2.45, 2.75) is 17.8 Å². The number of rotatable bonds is 2. The van der Waals surface area contributed by atoms with Crippen molar-refractivity contribution >= 4 is 0 Å². The van der Waals surface area contributed by atoms with Crippen LogP contribution in [0.25, 0.3) is 0 Å². The molecule has 1 aromatic heterocycles. The van der Waals surface area contributed by atoms with E-state index < -0.39 is 11.3 Å². The quantitative estimate of drug-likeness (QED) is 0.689. The second-order valence-electron chi connectivity index (χ2n) is 3.14. The van der Waals surface area contributed by atoms with Gasteiger partial charge in [0.25, 0.3) is 5.92 Å². The van der Waals surface area contributed by atoms with Crippen LogP contribution < -0.4 is 5.73 Å². The zero-order valence-electron chi connectivity index (χ0n) is 6.35. The van der Waals surface area contributed by atoms with Gasteiger partial charge in [-0.25, -0.2) is 8.78 Å². The third-order valence-corrected chi connectivity index (χ3v) is 2.46. The molecule has 0 saturated heterocycles. The SMILES string of the molecule is NCC1(c2ccn[nH]2)CC1(F)F. The molecule has 3 nitrogen and oxygen atoms in total. The summed E-state index contributed by atoms with van der Waals surface area (Å²) >= 11 is 0. The van der Waals surface area contributed by atoms with Gasteiger partial charge in [0.1, 0.15) is 0 Å². The first-order valence-corrected chi connectivity index (χ1v) is 3.70. The van der Waals surface area contributed by atoms with E-state index in [-0.39, 0.29) is 13.0 Å². The van der Waals surface area contributed by atoms with Gasteiger partial charge in [-0.05, 0) is 6.07 Å².